The first-order chi connectivity index (χ1) is 10.7. The highest BCUT2D eigenvalue weighted by molar-refractivity contribution is 5.49. The van der Waals surface area contributed by atoms with E-state index in [-0.39, 0.29) is 66.7 Å². The lowest BCUT2D eigenvalue weighted by atomic mass is 9.53. The summed E-state index contributed by atoms with van der Waals surface area (Å²) in [6.45, 7) is 18.4. The van der Waals surface area contributed by atoms with Gasteiger partial charge < -0.3 is 4.74 Å². The van der Waals surface area contributed by atoms with Gasteiger partial charge in [0.2, 0.25) is 0 Å². The van der Waals surface area contributed by atoms with E-state index in [2.05, 4.69) is 53.4 Å². The second-order valence-electron chi connectivity index (χ2n) is 8.45. The van der Waals surface area contributed by atoms with Crippen LogP contribution in [0.4, 0.5) is 0 Å². The zero-order valence-corrected chi connectivity index (χ0v) is 15.7. The fourth-order valence-electron chi connectivity index (χ4n) is 5.99. The number of rotatable bonds is 0. The van der Waals surface area contributed by atoms with Gasteiger partial charge in [-0.1, -0.05) is 13.8 Å². The third-order valence-electron chi connectivity index (χ3n) is 7.94. The van der Waals surface area contributed by atoms with Crippen LogP contribution in [0.5, 0.6) is 5.75 Å². The van der Waals surface area contributed by atoms with E-state index < -0.39 is 0 Å². The number of nitrogens with zero attached hydrogens (tertiary/aromatic N) is 2. The minimum absolute atomic E-state index is 0. The second kappa shape index (κ2) is 4.50. The maximum atomic E-state index is 6.87. The van der Waals surface area contributed by atoms with E-state index in [0.29, 0.717) is 17.9 Å². The lowest BCUT2D eigenvalue weighted by molar-refractivity contribution is -0.156. The van der Waals surface area contributed by atoms with Crippen LogP contribution in [-0.4, -0.2) is 34.6 Å². The lowest BCUT2D eigenvalue weighted by Crippen LogP contribution is -2.68. The van der Waals surface area contributed by atoms with Crippen molar-refractivity contribution in [3.8, 4) is 5.75 Å². The van der Waals surface area contributed by atoms with Gasteiger partial charge >= 0.3 is 0 Å². The molecule has 2 fully saturated rings. The number of hydrogen-bond donors (Lipinski definition) is 0. The zero-order chi connectivity index (χ0) is 16.7. The van der Waals surface area contributed by atoms with Crippen LogP contribution in [0.15, 0.2) is 0 Å². The molecule has 3 nitrogen and oxygen atoms in total. The molecule has 23 heavy (non-hydrogen) atoms. The smallest absolute Gasteiger partial charge is 0.145 e. The van der Waals surface area contributed by atoms with Crippen molar-refractivity contribution < 1.29 is 60.4 Å². The molecule has 4 rings (SSSR count). The van der Waals surface area contributed by atoms with E-state index in [1.165, 1.54) is 29.8 Å². The summed E-state index contributed by atoms with van der Waals surface area (Å²) < 4.78 is 6.87. The molecule has 2 saturated heterocycles. The molecule has 0 aliphatic carbocycles. The molecule has 0 saturated carbocycles. The summed E-state index contributed by atoms with van der Waals surface area (Å²) in [7, 11) is 0. The number of ether oxygens (including phenoxy) is 1. The summed E-state index contributed by atoms with van der Waals surface area (Å²) in [4.78, 5) is 7.68. The average Bonchev–Trinajstić information content (AvgIpc) is 2.77. The van der Waals surface area contributed by atoms with Gasteiger partial charge in [-0.3, -0.25) is 9.88 Å². The fourth-order valence-corrected chi connectivity index (χ4v) is 5.99. The Morgan fingerprint density at radius 3 is 2.57 bits per heavy atom. The topological polar surface area (TPSA) is 25.4 Å². The molecular formula is C20H108N2O. The molecule has 3 unspecified atom stereocenters. The molecule has 6 atom stereocenters. The van der Waals surface area contributed by atoms with E-state index in [0.717, 1.165) is 18.0 Å². The van der Waals surface area contributed by atoms with Crippen molar-refractivity contribution >= 4 is 0 Å². The van der Waals surface area contributed by atoms with Gasteiger partial charge in [0.1, 0.15) is 11.4 Å². The van der Waals surface area contributed by atoms with Crippen LogP contribution < -0.4 is 4.74 Å². The Balaban J connectivity index is -0.00000000510. The molecule has 2 bridgehead atoms. The molecule has 204 valence electrons. The van der Waals surface area contributed by atoms with E-state index in [9.17, 15) is 0 Å². The molecule has 4 heterocycles. The Morgan fingerprint density at radius 1 is 1.17 bits per heavy atom. The van der Waals surface area contributed by atoms with E-state index in [1.54, 1.807) is 0 Å². The van der Waals surface area contributed by atoms with Crippen molar-refractivity contribution in [1.29, 1.82) is 0 Å². The van der Waals surface area contributed by atoms with E-state index >= 15 is 0 Å². The molecule has 0 radical (unpaired) electrons. The first-order valence-electron chi connectivity index (χ1n) is 9.14. The van der Waals surface area contributed by atoms with Crippen LogP contribution in [-0.2, 0) is 0 Å². The lowest BCUT2D eigenvalue weighted by Gasteiger charge is -2.61. The molecule has 3 aliphatic rings. The van der Waals surface area contributed by atoms with Crippen molar-refractivity contribution in [3.05, 3.63) is 22.5 Å². The maximum Gasteiger partial charge on any atom is 0.145 e. The molecule has 1 spiro atoms. The van der Waals surface area contributed by atoms with Crippen LogP contribution in [0.1, 0.15) is 118 Å². The number of fused-ring (bicyclic) bond motifs is 2. The molecule has 0 amide bonds. The quantitative estimate of drug-likeness (QED) is 0.438. The van der Waals surface area contributed by atoms with Gasteiger partial charge in [0.05, 0.1) is 5.69 Å². The average molecular weight is 393 g/mol. The highest BCUT2D eigenvalue weighted by atomic mass is 16.5. The summed E-state index contributed by atoms with van der Waals surface area (Å²) in [6.07, 6.45) is 1.23. The van der Waals surface area contributed by atoms with E-state index in [1.807, 2.05) is 0 Å². The second-order valence-corrected chi connectivity index (χ2v) is 8.45. The van der Waals surface area contributed by atoms with Crippen molar-refractivity contribution in [1.82, 2.24) is 9.88 Å². The number of piperidine rings is 1. The zero-order valence-electron chi connectivity index (χ0n) is 15.7. The molecule has 3 aliphatic heterocycles. The molecule has 3 heteroatoms. The van der Waals surface area contributed by atoms with Crippen LogP contribution in [0.2, 0.25) is 0 Å². The highest BCUT2D eigenvalue weighted by Gasteiger charge is 2.68. The standard InChI is InChI=1S/C20H30N2O.39H2/c1-11-10-22-9-8-20(16(22)6)14(4)17-18(23-19(11,20)7)13(3)12(2)15(5)21-17;;;;;;;;;;;;;;;;;;;;;;;;;;;;;;;;;;;;;;;/h11,14,16H,8-10H2,1-7H3;39*1H/t11?,14?,16-,19+,20-;;;;;;;;;;;;;;;;;;;;;;;;;;;;;;;;;;;;;;;/m1......................................./s1. The summed E-state index contributed by atoms with van der Waals surface area (Å²) in [6, 6.07) is 0.565. The normalized spacial score (nSPS) is 44.5. The molecular weight excluding hydrogens is 284 g/mol. The molecule has 0 N–H and O–H groups in total. The largest absolute Gasteiger partial charge is 0.484 e. The third-order valence-corrected chi connectivity index (χ3v) is 7.94. The van der Waals surface area contributed by atoms with Gasteiger partial charge in [0.15, 0.2) is 0 Å². The van der Waals surface area contributed by atoms with Crippen molar-refractivity contribution in [2.45, 2.75) is 72.4 Å². The van der Waals surface area contributed by atoms with Crippen LogP contribution >= 0.6 is 0 Å². The van der Waals surface area contributed by atoms with Gasteiger partial charge in [0, 0.05) is 91.2 Å². The minimum Gasteiger partial charge on any atom is -0.484 e. The minimum atomic E-state index is -0.0973. The summed E-state index contributed by atoms with van der Waals surface area (Å²) in [5, 5.41) is 0. The van der Waals surface area contributed by atoms with Gasteiger partial charge in [-0.2, -0.15) is 0 Å². The van der Waals surface area contributed by atoms with Crippen LogP contribution in [0.3, 0.4) is 0 Å². The third kappa shape index (κ3) is 1.57. The van der Waals surface area contributed by atoms with Crippen LogP contribution in [0, 0.1) is 32.1 Å². The monoisotopic (exact) mass is 393 g/mol. The summed E-state index contributed by atoms with van der Waals surface area (Å²) >= 11 is 0. The van der Waals surface area contributed by atoms with Gasteiger partial charge in [-0.25, -0.2) is 0 Å². The first kappa shape index (κ1) is 15.4. The number of hydrogen-bond acceptors (Lipinski definition) is 3. The Labute approximate surface area is 198 Å². The predicted molar refractivity (Wildman–Crippen MR) is 176 cm³/mol. The van der Waals surface area contributed by atoms with Gasteiger partial charge in [0.25, 0.3) is 0 Å². The number of pyridine rings is 1. The van der Waals surface area contributed by atoms with Crippen molar-refractivity contribution in [2.75, 3.05) is 13.1 Å². The number of aryl methyl sites for hydroxylation is 1. The Bertz CT molecular complexity index is 744. The van der Waals surface area contributed by atoms with Gasteiger partial charge in [-0.15, -0.1) is 0 Å². The van der Waals surface area contributed by atoms with E-state index in [4.69, 9.17) is 9.72 Å². The maximum absolute atomic E-state index is 6.87. The summed E-state index contributed by atoms with van der Waals surface area (Å²) in [5.41, 5.74) is 5.00. The predicted octanol–water partition coefficient (Wildman–Crippen LogP) is 13.6. The Morgan fingerprint density at radius 2 is 1.87 bits per heavy atom. The van der Waals surface area contributed by atoms with Crippen molar-refractivity contribution in [3.63, 3.8) is 0 Å². The molecule has 1 aromatic rings. The van der Waals surface area contributed by atoms with Gasteiger partial charge in [-0.05, 0) is 58.7 Å². The molecule has 0 aromatic carbocycles. The SMILES string of the molecule is Cc1nc2c(c(C)c1C)O[C@@]1(C)C(C)CN3CC[C@@]1(C2C)[C@H]3C.[HH].[HH].[HH].[HH].[HH].[HH].[HH].[HH].[HH].[HH].[HH].[HH].[HH].[HH].[HH].[HH].[HH].[HH].[HH].[HH].[HH].[HH].[HH].[HH].[HH].[HH].[HH].[HH].[HH].[HH].[HH].[HH].[HH].[HH].[HH].[HH].[HH].[HH].[HH]. The van der Waals surface area contributed by atoms with Crippen LogP contribution in [0.25, 0.3) is 0 Å². The Kier molecular flexibility index (Phi) is 3.02. The molecule has 1 aromatic heterocycles. The number of aromatic nitrogens is 1. The summed E-state index contributed by atoms with van der Waals surface area (Å²) in [5.74, 6) is 2.06. The fraction of sp³-hybridized carbons (Fsp3) is 0.750. The van der Waals surface area contributed by atoms with Crippen molar-refractivity contribution in [2.24, 2.45) is 11.3 Å². The highest BCUT2D eigenvalue weighted by Crippen LogP contribution is 2.64. The first-order valence-corrected chi connectivity index (χ1v) is 9.14. The Hall–Kier alpha value is -1.09.